The van der Waals surface area contributed by atoms with Crippen LogP contribution in [0.3, 0.4) is 0 Å². The van der Waals surface area contributed by atoms with E-state index in [9.17, 15) is 0 Å². The smallest absolute Gasteiger partial charge is 0.161 e. The lowest BCUT2D eigenvalue weighted by Crippen LogP contribution is -2.34. The molecule has 2 aliphatic heterocycles. The van der Waals surface area contributed by atoms with Gasteiger partial charge >= 0.3 is 0 Å². The van der Waals surface area contributed by atoms with Crippen LogP contribution in [-0.2, 0) is 13.0 Å². The molecule has 0 aliphatic carbocycles. The van der Waals surface area contributed by atoms with Crippen molar-refractivity contribution in [1.82, 2.24) is 15.3 Å². The van der Waals surface area contributed by atoms with Crippen molar-refractivity contribution in [2.75, 3.05) is 24.5 Å². The Morgan fingerprint density at radius 2 is 1.77 bits per heavy atom. The second-order valence-electron chi connectivity index (χ2n) is 6.14. The largest absolute Gasteiger partial charge is 0.356 e. The Labute approximate surface area is 131 Å². The first kappa shape index (κ1) is 13.7. The van der Waals surface area contributed by atoms with Gasteiger partial charge < -0.3 is 10.2 Å². The molecule has 4 heteroatoms. The molecule has 0 radical (unpaired) electrons. The molecule has 1 aromatic heterocycles. The molecule has 0 spiro atoms. The van der Waals surface area contributed by atoms with Gasteiger partial charge in [0, 0.05) is 30.8 Å². The molecule has 0 unspecified atom stereocenters. The van der Waals surface area contributed by atoms with Crippen molar-refractivity contribution < 1.29 is 0 Å². The maximum atomic E-state index is 4.97. The van der Waals surface area contributed by atoms with Crippen molar-refractivity contribution in [2.45, 2.75) is 32.2 Å². The highest BCUT2D eigenvalue weighted by molar-refractivity contribution is 5.61. The van der Waals surface area contributed by atoms with Crippen LogP contribution in [0.25, 0.3) is 11.4 Å². The van der Waals surface area contributed by atoms with Crippen molar-refractivity contribution in [2.24, 2.45) is 0 Å². The zero-order chi connectivity index (χ0) is 14.8. The SMILES string of the molecule is c1ccc(-c2nc3c(c(N4CCCCC4)n2)CCNC3)cc1. The van der Waals surface area contributed by atoms with Gasteiger partial charge in [-0.25, -0.2) is 9.97 Å². The van der Waals surface area contributed by atoms with Crippen LogP contribution in [-0.4, -0.2) is 29.6 Å². The van der Waals surface area contributed by atoms with Gasteiger partial charge in [-0.3, -0.25) is 0 Å². The molecule has 2 aliphatic rings. The fourth-order valence-corrected chi connectivity index (χ4v) is 3.42. The van der Waals surface area contributed by atoms with Gasteiger partial charge in [-0.05, 0) is 32.2 Å². The number of aromatic nitrogens is 2. The lowest BCUT2D eigenvalue weighted by molar-refractivity contribution is 0.563. The molecule has 0 amide bonds. The third-order valence-corrected chi connectivity index (χ3v) is 4.60. The van der Waals surface area contributed by atoms with Crippen LogP contribution in [0.4, 0.5) is 5.82 Å². The maximum Gasteiger partial charge on any atom is 0.161 e. The summed E-state index contributed by atoms with van der Waals surface area (Å²) in [5, 5.41) is 3.44. The summed E-state index contributed by atoms with van der Waals surface area (Å²) in [6, 6.07) is 10.3. The Kier molecular flexibility index (Phi) is 3.77. The average molecular weight is 294 g/mol. The average Bonchev–Trinajstić information content (AvgIpc) is 2.62. The van der Waals surface area contributed by atoms with E-state index in [0.717, 1.165) is 44.0 Å². The molecule has 4 rings (SSSR count). The minimum atomic E-state index is 0.860. The zero-order valence-corrected chi connectivity index (χ0v) is 12.9. The Bertz CT molecular complexity index is 648. The first-order valence-electron chi connectivity index (χ1n) is 8.33. The van der Waals surface area contributed by atoms with E-state index in [2.05, 4.69) is 34.5 Å². The Morgan fingerprint density at radius 1 is 0.955 bits per heavy atom. The highest BCUT2D eigenvalue weighted by Gasteiger charge is 2.23. The van der Waals surface area contributed by atoms with Crippen LogP contribution in [0.2, 0.25) is 0 Å². The molecule has 1 N–H and O–H groups in total. The second-order valence-corrected chi connectivity index (χ2v) is 6.14. The van der Waals surface area contributed by atoms with E-state index in [1.54, 1.807) is 0 Å². The third kappa shape index (κ3) is 2.59. The second kappa shape index (κ2) is 6.05. The number of piperidine rings is 1. The summed E-state index contributed by atoms with van der Waals surface area (Å²) in [6.07, 6.45) is 4.93. The van der Waals surface area contributed by atoms with Crippen LogP contribution in [0, 0.1) is 0 Å². The van der Waals surface area contributed by atoms with Crippen molar-refractivity contribution in [3.05, 3.63) is 41.6 Å². The topological polar surface area (TPSA) is 41.1 Å². The number of fused-ring (bicyclic) bond motifs is 1. The summed E-state index contributed by atoms with van der Waals surface area (Å²) in [4.78, 5) is 12.3. The fourth-order valence-electron chi connectivity index (χ4n) is 3.42. The summed E-state index contributed by atoms with van der Waals surface area (Å²) >= 11 is 0. The Hall–Kier alpha value is -1.94. The van der Waals surface area contributed by atoms with Crippen LogP contribution in [0.1, 0.15) is 30.5 Å². The maximum absolute atomic E-state index is 4.97. The van der Waals surface area contributed by atoms with E-state index in [1.807, 2.05) is 6.07 Å². The van der Waals surface area contributed by atoms with Crippen LogP contribution < -0.4 is 10.2 Å². The minimum Gasteiger partial charge on any atom is -0.356 e. The van der Waals surface area contributed by atoms with Crippen LogP contribution in [0.15, 0.2) is 30.3 Å². The predicted molar refractivity (Wildman–Crippen MR) is 88.9 cm³/mol. The molecule has 1 saturated heterocycles. The number of anilines is 1. The summed E-state index contributed by atoms with van der Waals surface area (Å²) in [5.74, 6) is 2.05. The minimum absolute atomic E-state index is 0.860. The fraction of sp³-hybridized carbons (Fsp3) is 0.444. The number of hydrogen-bond donors (Lipinski definition) is 1. The van der Waals surface area contributed by atoms with Gasteiger partial charge in [-0.2, -0.15) is 0 Å². The van der Waals surface area contributed by atoms with Crippen molar-refractivity contribution in [3.8, 4) is 11.4 Å². The zero-order valence-electron chi connectivity index (χ0n) is 12.9. The Morgan fingerprint density at radius 3 is 2.59 bits per heavy atom. The predicted octanol–water partition coefficient (Wildman–Crippen LogP) is 2.78. The summed E-state index contributed by atoms with van der Waals surface area (Å²) < 4.78 is 0. The summed E-state index contributed by atoms with van der Waals surface area (Å²) in [5.41, 5.74) is 3.65. The molecule has 4 nitrogen and oxygen atoms in total. The van der Waals surface area contributed by atoms with E-state index in [-0.39, 0.29) is 0 Å². The summed E-state index contributed by atoms with van der Waals surface area (Å²) in [7, 11) is 0. The first-order chi connectivity index (χ1) is 10.9. The number of nitrogens with one attached hydrogen (secondary N) is 1. The molecule has 114 valence electrons. The molecule has 1 fully saturated rings. The highest BCUT2D eigenvalue weighted by Crippen LogP contribution is 2.29. The van der Waals surface area contributed by atoms with Crippen LogP contribution >= 0.6 is 0 Å². The van der Waals surface area contributed by atoms with Crippen molar-refractivity contribution in [1.29, 1.82) is 0 Å². The number of rotatable bonds is 2. The molecular formula is C18H22N4. The van der Waals surface area contributed by atoms with E-state index >= 15 is 0 Å². The molecule has 1 aromatic carbocycles. The van der Waals surface area contributed by atoms with Gasteiger partial charge in [0.2, 0.25) is 0 Å². The molecule has 22 heavy (non-hydrogen) atoms. The standard InChI is InChI=1S/C18H22N4/c1-3-7-14(8-4-1)17-20-16-13-19-10-9-15(16)18(21-17)22-11-5-2-6-12-22/h1,3-4,7-8,19H,2,5-6,9-13H2. The van der Waals surface area contributed by atoms with Crippen LogP contribution in [0.5, 0.6) is 0 Å². The molecule has 2 aromatic rings. The van der Waals surface area contributed by atoms with Gasteiger partial charge in [0.1, 0.15) is 5.82 Å². The van der Waals surface area contributed by atoms with Gasteiger partial charge in [0.05, 0.1) is 5.69 Å². The van der Waals surface area contributed by atoms with E-state index < -0.39 is 0 Å². The van der Waals surface area contributed by atoms with Crippen molar-refractivity contribution in [3.63, 3.8) is 0 Å². The molecule has 3 heterocycles. The monoisotopic (exact) mass is 294 g/mol. The van der Waals surface area contributed by atoms with Gasteiger partial charge in [0.15, 0.2) is 5.82 Å². The number of benzene rings is 1. The molecule has 0 bridgehead atoms. The van der Waals surface area contributed by atoms with Gasteiger partial charge in [-0.1, -0.05) is 30.3 Å². The number of hydrogen-bond acceptors (Lipinski definition) is 4. The lowest BCUT2D eigenvalue weighted by atomic mass is 10.0. The van der Waals surface area contributed by atoms with Crippen molar-refractivity contribution >= 4 is 5.82 Å². The molecular weight excluding hydrogens is 272 g/mol. The van der Waals surface area contributed by atoms with E-state index in [4.69, 9.17) is 9.97 Å². The van der Waals surface area contributed by atoms with E-state index in [0.29, 0.717) is 0 Å². The molecule has 0 atom stereocenters. The highest BCUT2D eigenvalue weighted by atomic mass is 15.2. The van der Waals surface area contributed by atoms with Gasteiger partial charge in [0.25, 0.3) is 0 Å². The lowest BCUT2D eigenvalue weighted by Gasteiger charge is -2.31. The number of nitrogens with zero attached hydrogens (tertiary/aromatic N) is 3. The van der Waals surface area contributed by atoms with E-state index in [1.165, 1.54) is 36.3 Å². The Balaban J connectivity index is 1.80. The summed E-state index contributed by atoms with van der Waals surface area (Å²) in [6.45, 7) is 4.15. The normalized spacial score (nSPS) is 18.1. The molecule has 0 saturated carbocycles. The third-order valence-electron chi connectivity index (χ3n) is 4.60. The quantitative estimate of drug-likeness (QED) is 0.924. The van der Waals surface area contributed by atoms with Gasteiger partial charge in [-0.15, -0.1) is 0 Å². The first-order valence-corrected chi connectivity index (χ1v) is 8.33.